The summed E-state index contributed by atoms with van der Waals surface area (Å²) >= 11 is 1.23. The Kier molecular flexibility index (Phi) is 4.98. The van der Waals surface area contributed by atoms with E-state index in [1.807, 2.05) is 6.07 Å². The van der Waals surface area contributed by atoms with E-state index in [1.165, 1.54) is 23.3 Å². The van der Waals surface area contributed by atoms with Gasteiger partial charge in [0.15, 0.2) is 17.7 Å². The first-order valence-corrected chi connectivity index (χ1v) is 10.0. The van der Waals surface area contributed by atoms with Crippen molar-refractivity contribution < 1.29 is 28.6 Å². The van der Waals surface area contributed by atoms with Crippen LogP contribution in [0.1, 0.15) is 38.1 Å². The quantitative estimate of drug-likeness (QED) is 0.732. The lowest BCUT2D eigenvalue weighted by Gasteiger charge is -2.33. The Morgan fingerprint density at radius 3 is 2.90 bits per heavy atom. The van der Waals surface area contributed by atoms with Crippen LogP contribution in [-0.4, -0.2) is 40.6 Å². The number of anilines is 1. The number of nitriles is 1. The lowest BCUT2D eigenvalue weighted by Crippen LogP contribution is -3.11. The Bertz CT molecular complexity index is 1030. The number of likely N-dealkylation sites (N-methyl/N-ethyl adjacent to an activating group) is 1. The number of methoxy groups -OCH3 is 2. The molecular weight excluding hydrogens is 394 g/mol. The van der Waals surface area contributed by atoms with Crippen molar-refractivity contribution in [3.8, 4) is 23.3 Å². The molecule has 0 bridgehead atoms. The molecule has 1 unspecified atom stereocenters. The van der Waals surface area contributed by atoms with Gasteiger partial charge in [0.05, 0.1) is 38.9 Å². The Morgan fingerprint density at radius 2 is 2.21 bits per heavy atom. The maximum atomic E-state index is 12.1. The van der Waals surface area contributed by atoms with Crippen LogP contribution in [-0.2, 0) is 11.2 Å². The number of quaternary nitrogens is 1. The molecular formula is C20H22N3O5S+. The number of carbonyl (C=O) groups excluding carboxylic acids is 1. The number of thiophene rings is 1. The predicted molar refractivity (Wildman–Crippen MR) is 106 cm³/mol. The summed E-state index contributed by atoms with van der Waals surface area (Å²) in [6.45, 7) is 2.82. The summed E-state index contributed by atoms with van der Waals surface area (Å²) in [6, 6.07) is 4.22. The zero-order chi connectivity index (χ0) is 20.7. The second-order valence-corrected chi connectivity index (χ2v) is 8.02. The molecule has 1 aromatic heterocycles. The van der Waals surface area contributed by atoms with Gasteiger partial charge < -0.3 is 29.2 Å². The summed E-state index contributed by atoms with van der Waals surface area (Å²) < 4.78 is 21.8. The van der Waals surface area contributed by atoms with Gasteiger partial charge in [0.1, 0.15) is 15.9 Å². The molecule has 3 heterocycles. The predicted octanol–water partition coefficient (Wildman–Crippen LogP) is 1.63. The highest BCUT2D eigenvalue weighted by Crippen LogP contribution is 2.48. The molecule has 0 amide bonds. The van der Waals surface area contributed by atoms with E-state index in [2.05, 4.69) is 18.4 Å². The van der Waals surface area contributed by atoms with E-state index >= 15 is 0 Å². The zero-order valence-electron chi connectivity index (χ0n) is 16.7. The normalized spacial score (nSPS) is 19.3. The van der Waals surface area contributed by atoms with Crippen LogP contribution in [0.3, 0.4) is 0 Å². The van der Waals surface area contributed by atoms with Gasteiger partial charge in [-0.25, -0.2) is 4.79 Å². The minimum atomic E-state index is -0.442. The number of fused-ring (bicyclic) bond motifs is 2. The summed E-state index contributed by atoms with van der Waals surface area (Å²) in [4.78, 5) is 13.7. The number of nitrogens with zero attached hydrogens (tertiary/aromatic N) is 1. The second kappa shape index (κ2) is 7.46. The van der Waals surface area contributed by atoms with E-state index in [0.717, 1.165) is 24.1 Å². The number of hydrogen-bond donors (Lipinski definition) is 2. The van der Waals surface area contributed by atoms with Gasteiger partial charge in [-0.3, -0.25) is 0 Å². The van der Waals surface area contributed by atoms with Crippen molar-refractivity contribution in [3.05, 3.63) is 33.2 Å². The number of nitrogens with one attached hydrogen (secondary N) is 2. The molecule has 29 heavy (non-hydrogen) atoms. The highest BCUT2D eigenvalue weighted by molar-refractivity contribution is 7.18. The molecule has 2 N–H and O–H groups in total. The van der Waals surface area contributed by atoms with Gasteiger partial charge in [-0.2, -0.15) is 5.26 Å². The van der Waals surface area contributed by atoms with E-state index in [-0.39, 0.29) is 13.0 Å². The van der Waals surface area contributed by atoms with Crippen molar-refractivity contribution in [2.45, 2.75) is 19.5 Å². The van der Waals surface area contributed by atoms with Crippen molar-refractivity contribution in [2.75, 3.05) is 39.9 Å². The molecule has 0 saturated carbocycles. The standard InChI is InChI=1S/C20H21N3O5S/c1-10-12(8-21)19(29-17(10)20(24)26-4)22-18-14-11(5-6-23(18)2)7-13-15(16(14)25-3)28-9-27-13/h7,18,22H,5-6,9H2,1-4H3/p+1/t18-/m1/s1. The fourth-order valence-corrected chi connectivity index (χ4v) is 4.99. The average Bonchev–Trinajstić information content (AvgIpc) is 3.31. The Hall–Kier alpha value is -2.96. The smallest absolute Gasteiger partial charge is 0.348 e. The molecule has 2 aliphatic heterocycles. The van der Waals surface area contributed by atoms with E-state index in [1.54, 1.807) is 14.0 Å². The largest absolute Gasteiger partial charge is 0.492 e. The van der Waals surface area contributed by atoms with Crippen LogP contribution >= 0.6 is 11.3 Å². The van der Waals surface area contributed by atoms with Crippen LogP contribution in [0.15, 0.2) is 6.07 Å². The van der Waals surface area contributed by atoms with Crippen LogP contribution in [0.25, 0.3) is 0 Å². The van der Waals surface area contributed by atoms with E-state index in [9.17, 15) is 10.1 Å². The molecule has 0 radical (unpaired) electrons. The summed E-state index contributed by atoms with van der Waals surface area (Å²) in [5.74, 6) is 1.50. The molecule has 2 atom stereocenters. The van der Waals surface area contributed by atoms with E-state index < -0.39 is 5.97 Å². The minimum Gasteiger partial charge on any atom is -0.492 e. The number of benzene rings is 1. The number of hydrogen-bond acceptors (Lipinski definition) is 8. The Labute approximate surface area is 172 Å². The van der Waals surface area contributed by atoms with E-state index in [0.29, 0.717) is 38.3 Å². The number of esters is 1. The third-order valence-corrected chi connectivity index (χ3v) is 6.63. The topological polar surface area (TPSA) is 94.2 Å². The highest BCUT2D eigenvalue weighted by atomic mass is 32.1. The zero-order valence-corrected chi connectivity index (χ0v) is 17.5. The molecule has 0 aliphatic carbocycles. The molecule has 8 nitrogen and oxygen atoms in total. The van der Waals surface area contributed by atoms with Crippen molar-refractivity contribution in [1.29, 1.82) is 5.26 Å². The Balaban J connectivity index is 1.81. The Morgan fingerprint density at radius 1 is 1.41 bits per heavy atom. The molecule has 9 heteroatoms. The summed E-state index contributed by atoms with van der Waals surface area (Å²) in [7, 11) is 5.03. The molecule has 0 fully saturated rings. The van der Waals surface area contributed by atoms with Crippen LogP contribution in [0.2, 0.25) is 0 Å². The van der Waals surface area contributed by atoms with Crippen molar-refractivity contribution >= 4 is 22.3 Å². The highest BCUT2D eigenvalue weighted by Gasteiger charge is 2.37. The molecule has 152 valence electrons. The molecule has 2 aromatic rings. The number of rotatable bonds is 4. The molecule has 2 aliphatic rings. The molecule has 0 saturated heterocycles. The molecule has 0 spiro atoms. The van der Waals surface area contributed by atoms with Gasteiger partial charge in [0.25, 0.3) is 0 Å². The van der Waals surface area contributed by atoms with Gasteiger partial charge in [-0.15, -0.1) is 11.3 Å². The lowest BCUT2D eigenvalue weighted by molar-refractivity contribution is -0.910. The maximum Gasteiger partial charge on any atom is 0.348 e. The van der Waals surface area contributed by atoms with Crippen molar-refractivity contribution in [1.82, 2.24) is 0 Å². The van der Waals surface area contributed by atoms with Crippen LogP contribution in [0.4, 0.5) is 5.00 Å². The van der Waals surface area contributed by atoms with Gasteiger partial charge >= 0.3 is 5.97 Å². The van der Waals surface area contributed by atoms with Crippen molar-refractivity contribution in [3.63, 3.8) is 0 Å². The van der Waals surface area contributed by atoms with Crippen molar-refractivity contribution in [2.24, 2.45) is 0 Å². The van der Waals surface area contributed by atoms with Gasteiger partial charge in [0, 0.05) is 6.42 Å². The number of ether oxygens (including phenoxy) is 4. The van der Waals surface area contributed by atoms with Gasteiger partial charge in [0.2, 0.25) is 12.5 Å². The fourth-order valence-electron chi connectivity index (χ4n) is 3.89. The summed E-state index contributed by atoms with van der Waals surface area (Å²) in [6.07, 6.45) is 0.688. The average molecular weight is 416 g/mol. The van der Waals surface area contributed by atoms with Crippen LogP contribution in [0, 0.1) is 18.3 Å². The second-order valence-electron chi connectivity index (χ2n) is 7.00. The SMILES string of the molecule is COC(=O)c1sc(N[C@H]2c3c(cc4c(c3OC)OCO4)CC[NH+]2C)c(C#N)c1C. The first-order chi connectivity index (χ1) is 14.0. The summed E-state index contributed by atoms with van der Waals surface area (Å²) in [5, 5.41) is 13.8. The fraction of sp³-hybridized carbons (Fsp3) is 0.400. The first-order valence-electron chi connectivity index (χ1n) is 9.20. The first kappa shape index (κ1) is 19.4. The maximum absolute atomic E-state index is 12.1. The van der Waals surface area contributed by atoms with Gasteiger partial charge in [-0.1, -0.05) is 0 Å². The number of carbonyl (C=O) groups is 1. The lowest BCUT2D eigenvalue weighted by atomic mass is 9.95. The van der Waals surface area contributed by atoms with Gasteiger partial charge in [-0.05, 0) is 24.1 Å². The third kappa shape index (κ3) is 3.05. The third-order valence-electron chi connectivity index (χ3n) is 5.42. The summed E-state index contributed by atoms with van der Waals surface area (Å²) in [5.41, 5.74) is 3.18. The van der Waals surface area contributed by atoms with Crippen LogP contribution < -0.4 is 24.4 Å². The van der Waals surface area contributed by atoms with Crippen LogP contribution in [0.5, 0.6) is 17.2 Å². The molecule has 1 aromatic carbocycles. The molecule has 4 rings (SSSR count). The monoisotopic (exact) mass is 416 g/mol. The van der Waals surface area contributed by atoms with E-state index in [4.69, 9.17) is 18.9 Å². The minimum absolute atomic E-state index is 0.167.